The van der Waals surface area contributed by atoms with Crippen molar-refractivity contribution in [2.24, 2.45) is 0 Å². The van der Waals surface area contributed by atoms with Gasteiger partial charge in [-0.25, -0.2) is 0 Å². The molecule has 2 nitrogen and oxygen atoms in total. The summed E-state index contributed by atoms with van der Waals surface area (Å²) in [6.07, 6.45) is 9.81. The Balaban J connectivity index is 2.08. The van der Waals surface area contributed by atoms with E-state index in [1.165, 1.54) is 38.5 Å². The Morgan fingerprint density at radius 1 is 0.857 bits per heavy atom. The van der Waals surface area contributed by atoms with Crippen LogP contribution >= 0.6 is 0 Å². The van der Waals surface area contributed by atoms with Gasteiger partial charge in [-0.2, -0.15) is 0 Å². The van der Waals surface area contributed by atoms with Crippen molar-refractivity contribution >= 4 is 15.0 Å². The van der Waals surface area contributed by atoms with Crippen LogP contribution in [0, 0.1) is 0 Å². The molecule has 0 spiro atoms. The van der Waals surface area contributed by atoms with Gasteiger partial charge in [0.05, 0.1) is 19.0 Å². The van der Waals surface area contributed by atoms with E-state index in [4.69, 9.17) is 17.2 Å². The van der Waals surface area contributed by atoms with Gasteiger partial charge in [0.15, 0.2) is 0 Å². The molecule has 0 aromatic carbocycles. The first-order chi connectivity index (χ1) is 9.63. The van der Waals surface area contributed by atoms with E-state index in [9.17, 15) is 0 Å². The zero-order valence-electron chi connectivity index (χ0n) is 14.7. The average Bonchev–Trinajstić information content (AvgIpc) is 2.55. The zero-order valence-corrected chi connectivity index (χ0v) is 14.7. The van der Waals surface area contributed by atoms with Gasteiger partial charge in [-0.3, -0.25) is 0 Å². The van der Waals surface area contributed by atoms with Crippen LogP contribution < -0.4 is 0 Å². The smallest absolute Gasteiger partial charge is 0.403 e. The van der Waals surface area contributed by atoms with E-state index in [1.807, 2.05) is 0 Å². The molecule has 1 aliphatic carbocycles. The highest BCUT2D eigenvalue weighted by Crippen LogP contribution is 2.47. The van der Waals surface area contributed by atoms with Crippen LogP contribution in [0.4, 0.5) is 0 Å². The second-order valence-electron chi connectivity index (χ2n) is 8.55. The minimum Gasteiger partial charge on any atom is -0.403 e. The molecule has 21 heavy (non-hydrogen) atoms. The Hall–Kier alpha value is 0.0499. The molecular weight excluding hydrogens is 258 g/mol. The highest BCUT2D eigenvalue weighted by atomic mass is 16.7. The molecule has 2 atom stereocenters. The van der Waals surface area contributed by atoms with Crippen LogP contribution in [0.3, 0.4) is 0 Å². The fraction of sp³-hybridized carbons (Fsp3) is 1.00. The third-order valence-electron chi connectivity index (χ3n) is 5.71. The minimum absolute atomic E-state index is 0.0917. The van der Waals surface area contributed by atoms with Gasteiger partial charge in [-0.05, 0) is 33.5 Å². The van der Waals surface area contributed by atoms with Crippen molar-refractivity contribution in [3.05, 3.63) is 0 Å². The molecule has 1 aliphatic heterocycles. The van der Waals surface area contributed by atoms with Crippen LogP contribution in [0.5, 0.6) is 0 Å². The van der Waals surface area contributed by atoms with Gasteiger partial charge < -0.3 is 9.31 Å². The molecule has 2 radical (unpaired) electrons. The fourth-order valence-corrected chi connectivity index (χ4v) is 3.58. The van der Waals surface area contributed by atoms with Gasteiger partial charge in [-0.1, -0.05) is 63.6 Å². The molecule has 0 N–H and O–H groups in total. The molecule has 2 unspecified atom stereocenters. The highest BCUT2D eigenvalue weighted by Gasteiger charge is 2.53. The van der Waals surface area contributed by atoms with Gasteiger partial charge in [0.25, 0.3) is 0 Å². The lowest BCUT2D eigenvalue weighted by molar-refractivity contribution is 0.00578. The lowest BCUT2D eigenvalue weighted by Crippen LogP contribution is -2.41. The molecular formula is C17H32B2O2. The summed E-state index contributed by atoms with van der Waals surface area (Å²) < 4.78 is 12.6. The first-order valence-electron chi connectivity index (χ1n) is 8.78. The topological polar surface area (TPSA) is 18.5 Å². The molecule has 2 aliphatic rings. The van der Waals surface area contributed by atoms with Crippen LogP contribution in [0.15, 0.2) is 0 Å². The lowest BCUT2D eigenvalue weighted by Gasteiger charge is -2.32. The predicted octanol–water partition coefficient (Wildman–Crippen LogP) is 4.93. The quantitative estimate of drug-likeness (QED) is 0.637. The summed E-state index contributed by atoms with van der Waals surface area (Å²) in [6, 6.07) is 0. The van der Waals surface area contributed by atoms with Crippen molar-refractivity contribution in [2.45, 2.75) is 108 Å². The monoisotopic (exact) mass is 290 g/mol. The van der Waals surface area contributed by atoms with E-state index < -0.39 is 0 Å². The van der Waals surface area contributed by atoms with Crippen molar-refractivity contribution in [2.75, 3.05) is 0 Å². The van der Waals surface area contributed by atoms with Crippen LogP contribution in [0.25, 0.3) is 0 Å². The molecule has 0 amide bonds. The van der Waals surface area contributed by atoms with Crippen molar-refractivity contribution in [1.29, 1.82) is 0 Å². The third kappa shape index (κ3) is 4.28. The Morgan fingerprint density at radius 3 is 2.00 bits per heavy atom. The minimum atomic E-state index is -0.238. The summed E-state index contributed by atoms with van der Waals surface area (Å²) in [5.41, 5.74) is -0.476. The molecule has 1 saturated heterocycles. The van der Waals surface area contributed by atoms with E-state index in [-0.39, 0.29) is 23.6 Å². The summed E-state index contributed by atoms with van der Waals surface area (Å²) in [6.45, 7) is 10.7. The number of hydrogen-bond donors (Lipinski definition) is 0. The molecule has 118 valence electrons. The van der Waals surface area contributed by atoms with E-state index in [0.29, 0.717) is 5.82 Å². The largest absolute Gasteiger partial charge is 0.461 e. The van der Waals surface area contributed by atoms with Gasteiger partial charge in [-0.15, -0.1) is 0 Å². The number of hydrogen-bond acceptors (Lipinski definition) is 2. The fourth-order valence-electron chi connectivity index (χ4n) is 3.58. The Labute approximate surface area is 133 Å². The first-order valence-corrected chi connectivity index (χ1v) is 8.78. The summed E-state index contributed by atoms with van der Waals surface area (Å²) >= 11 is 0. The summed E-state index contributed by atoms with van der Waals surface area (Å²) in [5, 5.41) is -0.0917. The van der Waals surface area contributed by atoms with E-state index in [2.05, 4.69) is 34.6 Å². The maximum Gasteiger partial charge on any atom is 0.461 e. The maximum atomic E-state index is 6.55. The molecule has 0 bridgehead atoms. The van der Waals surface area contributed by atoms with Crippen molar-refractivity contribution in [3.8, 4) is 0 Å². The predicted molar refractivity (Wildman–Crippen MR) is 90.9 cm³/mol. The molecule has 1 heterocycles. The van der Waals surface area contributed by atoms with Gasteiger partial charge in [0, 0.05) is 0 Å². The van der Waals surface area contributed by atoms with E-state index in [1.54, 1.807) is 0 Å². The van der Waals surface area contributed by atoms with Crippen molar-refractivity contribution in [1.82, 2.24) is 0 Å². The summed E-state index contributed by atoms with van der Waals surface area (Å²) in [7, 11) is 6.45. The first kappa shape index (κ1) is 17.4. The molecule has 2 rings (SSSR count). The lowest BCUT2D eigenvalue weighted by atomic mass is 9.55. The summed E-state index contributed by atoms with van der Waals surface area (Å²) in [4.78, 5) is 0. The van der Waals surface area contributed by atoms with Gasteiger partial charge >= 0.3 is 7.12 Å². The molecule has 2 fully saturated rings. The average molecular weight is 290 g/mol. The van der Waals surface area contributed by atoms with Crippen molar-refractivity contribution in [3.63, 3.8) is 0 Å². The Kier molecular flexibility index (Phi) is 5.20. The third-order valence-corrected chi connectivity index (χ3v) is 5.71. The van der Waals surface area contributed by atoms with Crippen LogP contribution in [0.2, 0.25) is 11.1 Å². The second-order valence-corrected chi connectivity index (χ2v) is 8.55. The summed E-state index contributed by atoms with van der Waals surface area (Å²) in [5.74, 6) is 0.416. The molecule has 4 heteroatoms. The Morgan fingerprint density at radius 2 is 1.38 bits per heavy atom. The molecule has 1 saturated carbocycles. The van der Waals surface area contributed by atoms with Crippen LogP contribution in [0.1, 0.15) is 86.0 Å². The van der Waals surface area contributed by atoms with E-state index >= 15 is 0 Å². The van der Waals surface area contributed by atoms with Gasteiger partial charge in [0.2, 0.25) is 0 Å². The van der Waals surface area contributed by atoms with Crippen LogP contribution in [-0.2, 0) is 9.31 Å². The standard InChI is InChI=1S/C17H32B2O2/c1-15(2)16(3,4)21-19(20-15)14-11-9-7-6-8-10-12-17(5,18)13-14/h14H,6-13H2,1-5H3. The van der Waals surface area contributed by atoms with Crippen molar-refractivity contribution < 1.29 is 9.31 Å². The number of rotatable bonds is 1. The normalized spacial score (nSPS) is 37.4. The SMILES string of the molecule is [B]C1(C)CCCCCCCC(B2OC(C)(C)C(C)(C)O2)C1. The van der Waals surface area contributed by atoms with E-state index in [0.717, 1.165) is 12.8 Å². The highest BCUT2D eigenvalue weighted by molar-refractivity contribution is 6.47. The second kappa shape index (κ2) is 6.28. The maximum absolute atomic E-state index is 6.55. The molecule has 0 aromatic rings. The Bertz CT molecular complexity index is 337. The van der Waals surface area contributed by atoms with Crippen LogP contribution in [-0.4, -0.2) is 26.2 Å². The molecule has 0 aromatic heterocycles. The van der Waals surface area contributed by atoms with Gasteiger partial charge in [0.1, 0.15) is 0 Å². The zero-order chi connectivity index (χ0) is 15.7.